The fraction of sp³-hybridized carbons (Fsp3) is 0.333. The van der Waals surface area contributed by atoms with Crippen molar-refractivity contribution in [1.82, 2.24) is 9.47 Å². The van der Waals surface area contributed by atoms with Crippen LogP contribution in [0.15, 0.2) is 58.0 Å². The number of hydrogen-bond acceptors (Lipinski definition) is 4. The fourth-order valence-corrected chi connectivity index (χ4v) is 6.52. The average molecular weight is 574 g/mol. The molecule has 0 atom stereocenters. The van der Waals surface area contributed by atoms with E-state index in [1.807, 2.05) is 24.4 Å². The second kappa shape index (κ2) is 10.8. The van der Waals surface area contributed by atoms with Gasteiger partial charge in [-0.2, -0.15) is 0 Å². The van der Waals surface area contributed by atoms with Crippen molar-refractivity contribution in [1.29, 1.82) is 0 Å². The summed E-state index contributed by atoms with van der Waals surface area (Å²) in [5, 5.41) is 1.03. The molecule has 1 aliphatic carbocycles. The van der Waals surface area contributed by atoms with E-state index in [0.717, 1.165) is 27.4 Å². The molecule has 0 radical (unpaired) electrons. The monoisotopic (exact) mass is 572 g/mol. The molecular weight excluding hydrogens is 547 g/mol. The van der Waals surface area contributed by atoms with Crippen molar-refractivity contribution in [3.8, 4) is 5.75 Å². The number of fused-ring (bicyclic) bond motifs is 1. The van der Waals surface area contributed by atoms with Gasteiger partial charge in [0.1, 0.15) is 10.9 Å². The Kier molecular flexibility index (Phi) is 7.60. The molecule has 2 fully saturated rings. The quantitative estimate of drug-likeness (QED) is 0.208. The number of amides is 1. The molecule has 8 heteroatoms. The average Bonchev–Trinajstić information content (AvgIpc) is 3.54. The standard InChI is InChI=1S/C27H26BrFN2O2S2/c28-20-9-10-23-21(16-20)19(17-30(23)13-14-33-24-8-4-3-7-22(24)29)15-25-26(32)31(27(34)35-25)12-11-18-5-1-2-6-18/h3-4,7-10,15-18H,1-2,5-6,11-14H2/b25-15-. The summed E-state index contributed by atoms with van der Waals surface area (Å²) in [4.78, 5) is 15.6. The van der Waals surface area contributed by atoms with Crippen LogP contribution in [0, 0.1) is 11.7 Å². The van der Waals surface area contributed by atoms with Crippen molar-refractivity contribution < 1.29 is 13.9 Å². The Bertz CT molecular complexity index is 1300. The van der Waals surface area contributed by atoms with Gasteiger partial charge in [-0.05, 0) is 48.7 Å². The predicted molar refractivity (Wildman–Crippen MR) is 148 cm³/mol. The SMILES string of the molecule is O=C1/C(=C/c2cn(CCOc3ccccc3F)c3ccc(Br)cc23)SC(=S)N1CCC1CCCC1. The van der Waals surface area contributed by atoms with Gasteiger partial charge >= 0.3 is 0 Å². The third-order valence-electron chi connectivity index (χ3n) is 6.70. The van der Waals surface area contributed by atoms with E-state index in [0.29, 0.717) is 34.8 Å². The van der Waals surface area contributed by atoms with Crippen LogP contribution < -0.4 is 4.74 Å². The summed E-state index contributed by atoms with van der Waals surface area (Å²) in [7, 11) is 0. The van der Waals surface area contributed by atoms with Crippen LogP contribution in [-0.4, -0.2) is 32.8 Å². The molecule has 2 aliphatic rings. The van der Waals surface area contributed by atoms with E-state index >= 15 is 0 Å². The van der Waals surface area contributed by atoms with E-state index in [-0.39, 0.29) is 17.5 Å². The van der Waals surface area contributed by atoms with Crippen LogP contribution in [0.25, 0.3) is 17.0 Å². The van der Waals surface area contributed by atoms with Gasteiger partial charge in [-0.25, -0.2) is 4.39 Å². The van der Waals surface area contributed by atoms with Crippen molar-refractivity contribution in [2.45, 2.75) is 38.6 Å². The van der Waals surface area contributed by atoms with Gasteiger partial charge in [-0.3, -0.25) is 9.69 Å². The number of aromatic nitrogens is 1. The van der Waals surface area contributed by atoms with E-state index in [4.69, 9.17) is 17.0 Å². The number of carbonyl (C=O) groups is 1. The zero-order valence-electron chi connectivity index (χ0n) is 19.2. The van der Waals surface area contributed by atoms with E-state index in [9.17, 15) is 9.18 Å². The number of nitrogens with zero attached hydrogens (tertiary/aromatic N) is 2. The molecule has 2 heterocycles. The molecular formula is C27H26BrFN2O2S2. The highest BCUT2D eigenvalue weighted by molar-refractivity contribution is 9.10. The Morgan fingerprint density at radius 3 is 2.77 bits per heavy atom. The van der Waals surface area contributed by atoms with Gasteiger partial charge < -0.3 is 9.30 Å². The number of carbonyl (C=O) groups excluding carboxylic acids is 1. The normalized spacial score (nSPS) is 17.9. The summed E-state index contributed by atoms with van der Waals surface area (Å²) < 4.78 is 23.2. The van der Waals surface area contributed by atoms with Crippen LogP contribution >= 0.6 is 39.9 Å². The molecule has 0 bridgehead atoms. The number of ether oxygens (including phenoxy) is 1. The molecule has 35 heavy (non-hydrogen) atoms. The maximum absolute atomic E-state index is 13.9. The number of thiocarbonyl (C=S) groups is 1. The third kappa shape index (κ3) is 5.49. The zero-order valence-corrected chi connectivity index (χ0v) is 22.4. The van der Waals surface area contributed by atoms with Gasteiger partial charge in [0.2, 0.25) is 0 Å². The minimum absolute atomic E-state index is 0.00298. The second-order valence-corrected chi connectivity index (χ2v) is 11.6. The van der Waals surface area contributed by atoms with Crippen LogP contribution in [0.3, 0.4) is 0 Å². The first kappa shape index (κ1) is 24.5. The fourth-order valence-electron chi connectivity index (χ4n) is 4.86. The lowest BCUT2D eigenvalue weighted by Gasteiger charge is -2.17. The summed E-state index contributed by atoms with van der Waals surface area (Å²) in [5.74, 6) is 0.583. The van der Waals surface area contributed by atoms with Crippen molar-refractivity contribution in [2.24, 2.45) is 5.92 Å². The van der Waals surface area contributed by atoms with Crippen LogP contribution in [0.5, 0.6) is 5.75 Å². The minimum Gasteiger partial charge on any atom is -0.489 e. The number of hydrogen-bond donors (Lipinski definition) is 0. The van der Waals surface area contributed by atoms with Crippen LogP contribution in [0.2, 0.25) is 0 Å². The highest BCUT2D eigenvalue weighted by Crippen LogP contribution is 2.36. The molecule has 1 aromatic heterocycles. The summed E-state index contributed by atoms with van der Waals surface area (Å²) in [5.41, 5.74) is 1.97. The maximum atomic E-state index is 13.9. The van der Waals surface area contributed by atoms with Gasteiger partial charge in [-0.1, -0.05) is 77.7 Å². The number of benzene rings is 2. The lowest BCUT2D eigenvalue weighted by Crippen LogP contribution is -2.30. The van der Waals surface area contributed by atoms with Crippen molar-refractivity contribution >= 4 is 67.1 Å². The predicted octanol–water partition coefficient (Wildman–Crippen LogP) is 7.40. The Balaban J connectivity index is 1.35. The van der Waals surface area contributed by atoms with Gasteiger partial charge in [-0.15, -0.1) is 0 Å². The molecule has 0 spiro atoms. The highest BCUT2D eigenvalue weighted by atomic mass is 79.9. The number of halogens is 2. The number of rotatable bonds is 8. The molecule has 1 aliphatic heterocycles. The molecule has 182 valence electrons. The van der Waals surface area contributed by atoms with Crippen molar-refractivity contribution in [2.75, 3.05) is 13.2 Å². The largest absolute Gasteiger partial charge is 0.489 e. The summed E-state index contributed by atoms with van der Waals surface area (Å²) in [6, 6.07) is 12.5. The van der Waals surface area contributed by atoms with Gasteiger partial charge in [0.05, 0.1) is 11.4 Å². The van der Waals surface area contributed by atoms with Crippen LogP contribution in [-0.2, 0) is 11.3 Å². The molecule has 1 saturated carbocycles. The Labute approximate surface area is 222 Å². The number of thioether (sulfide) groups is 1. The first-order chi connectivity index (χ1) is 17.0. The van der Waals surface area contributed by atoms with E-state index in [2.05, 4.69) is 26.6 Å². The summed E-state index contributed by atoms with van der Waals surface area (Å²) in [6.07, 6.45) is 10.1. The Morgan fingerprint density at radius 1 is 1.17 bits per heavy atom. The topological polar surface area (TPSA) is 34.5 Å². The van der Waals surface area contributed by atoms with Gasteiger partial charge in [0.15, 0.2) is 11.6 Å². The Morgan fingerprint density at radius 2 is 1.97 bits per heavy atom. The smallest absolute Gasteiger partial charge is 0.266 e. The molecule has 3 aromatic rings. The lowest BCUT2D eigenvalue weighted by molar-refractivity contribution is -0.122. The third-order valence-corrected chi connectivity index (χ3v) is 8.57. The van der Waals surface area contributed by atoms with Crippen molar-refractivity contribution in [3.63, 3.8) is 0 Å². The van der Waals surface area contributed by atoms with Crippen molar-refractivity contribution in [3.05, 3.63) is 69.4 Å². The van der Waals surface area contributed by atoms with E-state index in [1.54, 1.807) is 23.1 Å². The van der Waals surface area contributed by atoms with E-state index < -0.39 is 0 Å². The molecule has 5 rings (SSSR count). The molecule has 2 aromatic carbocycles. The maximum Gasteiger partial charge on any atom is 0.266 e. The van der Waals surface area contributed by atoms with Gasteiger partial charge in [0, 0.05) is 33.7 Å². The first-order valence-corrected chi connectivity index (χ1v) is 13.9. The molecule has 4 nitrogen and oxygen atoms in total. The summed E-state index contributed by atoms with van der Waals surface area (Å²) in [6.45, 7) is 1.57. The van der Waals surface area contributed by atoms with Crippen LogP contribution in [0.1, 0.15) is 37.7 Å². The second-order valence-electron chi connectivity index (χ2n) is 8.99. The molecule has 1 saturated heterocycles. The van der Waals surface area contributed by atoms with E-state index in [1.165, 1.54) is 43.5 Å². The highest BCUT2D eigenvalue weighted by Gasteiger charge is 2.32. The summed E-state index contributed by atoms with van der Waals surface area (Å²) >= 11 is 10.5. The molecule has 0 N–H and O–H groups in total. The Hall–Kier alpha value is -2.16. The lowest BCUT2D eigenvalue weighted by atomic mass is 10.0. The van der Waals surface area contributed by atoms with Crippen LogP contribution in [0.4, 0.5) is 4.39 Å². The minimum atomic E-state index is -0.371. The first-order valence-electron chi connectivity index (χ1n) is 11.9. The number of para-hydroxylation sites is 1. The molecule has 1 amide bonds. The molecule has 0 unspecified atom stereocenters. The van der Waals surface area contributed by atoms with Gasteiger partial charge in [0.25, 0.3) is 5.91 Å². The zero-order chi connectivity index (χ0) is 24.4.